The van der Waals surface area contributed by atoms with Crippen LogP contribution in [0.5, 0.6) is 0 Å². The van der Waals surface area contributed by atoms with E-state index in [2.05, 4.69) is 4.99 Å². The van der Waals surface area contributed by atoms with Crippen LogP contribution in [0, 0.1) is 5.92 Å². The fourth-order valence-corrected chi connectivity index (χ4v) is 0.732. The molecule has 0 spiro atoms. The summed E-state index contributed by atoms with van der Waals surface area (Å²) in [5.74, 6) is -0.987. The van der Waals surface area contributed by atoms with Gasteiger partial charge in [0.15, 0.2) is 0 Å². The lowest BCUT2D eigenvalue weighted by Crippen LogP contribution is -2.01. The van der Waals surface area contributed by atoms with E-state index >= 15 is 0 Å². The molecule has 4 nitrogen and oxygen atoms in total. The van der Waals surface area contributed by atoms with E-state index in [9.17, 15) is 9.59 Å². The molecule has 12 heavy (non-hydrogen) atoms. The smallest absolute Gasteiger partial charge is 0.330 e. The highest BCUT2D eigenvalue weighted by Crippen LogP contribution is 2.02. The number of hydrogen-bond acceptors (Lipinski definition) is 3. The van der Waals surface area contributed by atoms with Gasteiger partial charge in [-0.1, -0.05) is 13.0 Å². The van der Waals surface area contributed by atoms with Gasteiger partial charge in [-0.05, 0) is 12.8 Å². The minimum atomic E-state index is -0.947. The Labute approximate surface area is 70.6 Å². The van der Waals surface area contributed by atoms with Crippen molar-refractivity contribution in [3.63, 3.8) is 0 Å². The van der Waals surface area contributed by atoms with Gasteiger partial charge in [-0.2, -0.15) is 0 Å². The monoisotopic (exact) mass is 169 g/mol. The van der Waals surface area contributed by atoms with Crippen molar-refractivity contribution in [3.05, 3.63) is 11.6 Å². The predicted molar refractivity (Wildman–Crippen MR) is 43.5 cm³/mol. The molecule has 0 aliphatic heterocycles. The third-order valence-electron chi connectivity index (χ3n) is 1.32. The molecule has 0 aromatic heterocycles. The van der Waals surface area contributed by atoms with E-state index in [1.807, 2.05) is 0 Å². The highest BCUT2D eigenvalue weighted by Gasteiger charge is 2.02. The van der Waals surface area contributed by atoms with Gasteiger partial charge in [-0.15, -0.1) is 0 Å². The van der Waals surface area contributed by atoms with Crippen molar-refractivity contribution in [2.45, 2.75) is 13.8 Å². The van der Waals surface area contributed by atoms with Crippen molar-refractivity contribution in [2.24, 2.45) is 10.9 Å². The fourth-order valence-electron chi connectivity index (χ4n) is 0.732. The van der Waals surface area contributed by atoms with E-state index in [1.165, 1.54) is 13.0 Å². The number of nitrogens with zero attached hydrogens (tertiary/aromatic N) is 1. The minimum absolute atomic E-state index is 0.0393. The van der Waals surface area contributed by atoms with Crippen molar-refractivity contribution >= 4 is 12.0 Å². The van der Waals surface area contributed by atoms with Gasteiger partial charge in [0.2, 0.25) is 6.08 Å². The summed E-state index contributed by atoms with van der Waals surface area (Å²) in [4.78, 5) is 23.4. The molecule has 1 N–H and O–H groups in total. The van der Waals surface area contributed by atoms with Crippen molar-refractivity contribution in [2.75, 3.05) is 6.54 Å². The minimum Gasteiger partial charge on any atom is -0.478 e. The van der Waals surface area contributed by atoms with Crippen LogP contribution in [0.25, 0.3) is 0 Å². The van der Waals surface area contributed by atoms with E-state index in [0.29, 0.717) is 0 Å². The molecule has 0 amide bonds. The molecule has 1 unspecified atom stereocenters. The van der Waals surface area contributed by atoms with E-state index in [1.54, 1.807) is 13.0 Å². The Hall–Kier alpha value is -1.41. The Bertz CT molecular complexity index is 239. The first-order valence-corrected chi connectivity index (χ1v) is 3.53. The van der Waals surface area contributed by atoms with Crippen LogP contribution >= 0.6 is 0 Å². The first-order chi connectivity index (χ1) is 5.57. The number of isocyanates is 1. The highest BCUT2D eigenvalue weighted by atomic mass is 16.4. The van der Waals surface area contributed by atoms with E-state index < -0.39 is 5.97 Å². The van der Waals surface area contributed by atoms with Crippen molar-refractivity contribution in [3.8, 4) is 0 Å². The third-order valence-corrected chi connectivity index (χ3v) is 1.32. The van der Waals surface area contributed by atoms with Crippen LogP contribution in [0.15, 0.2) is 16.6 Å². The Morgan fingerprint density at radius 2 is 2.33 bits per heavy atom. The average molecular weight is 169 g/mol. The van der Waals surface area contributed by atoms with E-state index in [4.69, 9.17) is 5.11 Å². The maximum absolute atomic E-state index is 10.3. The summed E-state index contributed by atoms with van der Waals surface area (Å²) in [6.07, 6.45) is 2.96. The zero-order valence-corrected chi connectivity index (χ0v) is 7.07. The molecule has 0 radical (unpaired) electrons. The quantitative estimate of drug-likeness (QED) is 0.387. The molecule has 0 rings (SSSR count). The van der Waals surface area contributed by atoms with Gasteiger partial charge in [-0.3, -0.25) is 0 Å². The number of carbonyl (C=O) groups excluding carboxylic acids is 1. The van der Waals surface area contributed by atoms with Gasteiger partial charge in [0, 0.05) is 5.57 Å². The van der Waals surface area contributed by atoms with E-state index in [-0.39, 0.29) is 18.0 Å². The second-order valence-electron chi connectivity index (χ2n) is 2.56. The summed E-state index contributed by atoms with van der Waals surface area (Å²) in [6.45, 7) is 3.57. The number of aliphatic carboxylic acids is 1. The van der Waals surface area contributed by atoms with Gasteiger partial charge in [-0.25, -0.2) is 14.6 Å². The number of carboxylic acids is 1. The van der Waals surface area contributed by atoms with Crippen LogP contribution < -0.4 is 0 Å². The topological polar surface area (TPSA) is 66.7 Å². The number of rotatable bonds is 4. The Balaban J connectivity index is 4.13. The molecule has 0 aromatic rings. The van der Waals surface area contributed by atoms with Crippen molar-refractivity contribution in [1.82, 2.24) is 0 Å². The van der Waals surface area contributed by atoms with Crippen LogP contribution in [-0.4, -0.2) is 23.7 Å². The van der Waals surface area contributed by atoms with Crippen molar-refractivity contribution in [1.29, 1.82) is 0 Å². The Morgan fingerprint density at radius 3 is 2.75 bits per heavy atom. The lowest BCUT2D eigenvalue weighted by molar-refractivity contribution is -0.132. The summed E-state index contributed by atoms with van der Waals surface area (Å²) in [5.41, 5.74) is 0.267. The maximum atomic E-state index is 10.3. The highest BCUT2D eigenvalue weighted by molar-refractivity contribution is 5.85. The van der Waals surface area contributed by atoms with E-state index in [0.717, 1.165) is 0 Å². The molecule has 1 atom stereocenters. The molecule has 0 aromatic carbocycles. The summed E-state index contributed by atoms with van der Waals surface area (Å²) >= 11 is 0. The zero-order valence-electron chi connectivity index (χ0n) is 7.07. The summed E-state index contributed by atoms with van der Waals surface area (Å²) in [5, 5.41) is 8.48. The number of aliphatic imine (C=N–C) groups is 1. The molecule has 0 saturated carbocycles. The summed E-state index contributed by atoms with van der Waals surface area (Å²) in [6, 6.07) is 0. The van der Waals surface area contributed by atoms with Gasteiger partial charge >= 0.3 is 5.97 Å². The Kier molecular flexibility index (Phi) is 4.65. The summed E-state index contributed by atoms with van der Waals surface area (Å²) < 4.78 is 0. The molecule has 0 heterocycles. The lowest BCUT2D eigenvalue weighted by Gasteiger charge is -2.00. The SMILES string of the molecule is CC(=CC(C)CN=C=O)C(=O)O. The Morgan fingerprint density at radius 1 is 1.75 bits per heavy atom. The second kappa shape index (κ2) is 5.27. The first kappa shape index (κ1) is 10.6. The molecule has 0 saturated heterocycles. The van der Waals surface area contributed by atoms with Gasteiger partial charge in [0.05, 0.1) is 6.54 Å². The third kappa shape index (κ3) is 4.41. The largest absolute Gasteiger partial charge is 0.478 e. The predicted octanol–water partition coefficient (Wildman–Crippen LogP) is 0.989. The van der Waals surface area contributed by atoms with Gasteiger partial charge in [0.25, 0.3) is 0 Å². The summed E-state index contributed by atoms with van der Waals surface area (Å²) in [7, 11) is 0. The van der Waals surface area contributed by atoms with Gasteiger partial charge in [0.1, 0.15) is 0 Å². The second-order valence-corrected chi connectivity index (χ2v) is 2.56. The lowest BCUT2D eigenvalue weighted by atomic mass is 10.1. The maximum Gasteiger partial charge on any atom is 0.330 e. The van der Waals surface area contributed by atoms with Crippen LogP contribution in [0.1, 0.15) is 13.8 Å². The van der Waals surface area contributed by atoms with Crippen molar-refractivity contribution < 1.29 is 14.7 Å². The normalized spacial score (nSPS) is 13.3. The molecule has 4 heteroatoms. The molecule has 0 fully saturated rings. The average Bonchev–Trinajstić information content (AvgIpc) is 2.00. The van der Waals surface area contributed by atoms with Gasteiger partial charge < -0.3 is 5.11 Å². The number of hydrogen-bond donors (Lipinski definition) is 1. The zero-order chi connectivity index (χ0) is 9.56. The first-order valence-electron chi connectivity index (χ1n) is 3.53. The van der Waals surface area contributed by atoms with Crippen LogP contribution in [-0.2, 0) is 9.59 Å². The van der Waals surface area contributed by atoms with Crippen LogP contribution in [0.2, 0.25) is 0 Å². The molecule has 0 aliphatic carbocycles. The molecular weight excluding hydrogens is 158 g/mol. The van der Waals surface area contributed by atoms with Crippen LogP contribution in [0.3, 0.4) is 0 Å². The number of carbonyl (C=O) groups is 1. The van der Waals surface area contributed by atoms with Crippen LogP contribution in [0.4, 0.5) is 0 Å². The molecule has 0 aliphatic rings. The fraction of sp³-hybridized carbons (Fsp3) is 0.500. The number of carboxylic acid groups (broad SMARTS) is 1. The molecular formula is C8H11NO3. The molecule has 66 valence electrons. The standard InChI is InChI=1S/C8H11NO3/c1-6(4-9-5-10)3-7(2)8(11)12/h3,6H,4H2,1-2H3,(H,11,12). The molecule has 0 bridgehead atoms.